The fourth-order valence-corrected chi connectivity index (χ4v) is 2.69. The standard InChI is InChI=1S/C21H17BrN2O2/c22-20-9-2-1-6-17(20)10-11-21(25)24-18-7-3-8-19(13-18)26-15-16-5-4-12-23-14-16/h1-14H,15H2,(H,24,25)/b11-10+. The largest absolute Gasteiger partial charge is 0.489 e. The van der Waals surface area contributed by atoms with E-state index in [1.165, 1.54) is 6.08 Å². The van der Waals surface area contributed by atoms with Crippen molar-refractivity contribution < 1.29 is 9.53 Å². The zero-order chi connectivity index (χ0) is 18.2. The Morgan fingerprint density at radius 2 is 2.00 bits per heavy atom. The molecule has 0 unspecified atom stereocenters. The van der Waals surface area contributed by atoms with Crippen LogP contribution in [0.3, 0.4) is 0 Å². The van der Waals surface area contributed by atoms with Gasteiger partial charge in [-0.05, 0) is 35.9 Å². The van der Waals surface area contributed by atoms with E-state index in [-0.39, 0.29) is 5.91 Å². The molecular weight excluding hydrogens is 392 g/mol. The van der Waals surface area contributed by atoms with Gasteiger partial charge in [0.15, 0.2) is 0 Å². The summed E-state index contributed by atoms with van der Waals surface area (Å²) in [5.41, 5.74) is 2.60. The number of hydrogen-bond donors (Lipinski definition) is 1. The minimum absolute atomic E-state index is 0.204. The fourth-order valence-electron chi connectivity index (χ4n) is 2.27. The Hall–Kier alpha value is -2.92. The summed E-state index contributed by atoms with van der Waals surface area (Å²) in [7, 11) is 0. The van der Waals surface area contributed by atoms with Crippen LogP contribution >= 0.6 is 15.9 Å². The molecule has 0 saturated heterocycles. The van der Waals surface area contributed by atoms with Crippen molar-refractivity contribution in [3.63, 3.8) is 0 Å². The minimum Gasteiger partial charge on any atom is -0.489 e. The van der Waals surface area contributed by atoms with Crippen molar-refractivity contribution >= 4 is 33.6 Å². The molecule has 0 saturated carbocycles. The summed E-state index contributed by atoms with van der Waals surface area (Å²) in [5.74, 6) is 0.478. The van der Waals surface area contributed by atoms with E-state index in [1.54, 1.807) is 24.5 Å². The molecule has 1 aromatic heterocycles. The van der Waals surface area contributed by atoms with Gasteiger partial charge in [-0.15, -0.1) is 0 Å². The molecule has 26 heavy (non-hydrogen) atoms. The number of nitrogens with one attached hydrogen (secondary N) is 1. The maximum absolute atomic E-state index is 12.1. The van der Waals surface area contributed by atoms with E-state index < -0.39 is 0 Å². The third-order valence-corrected chi connectivity index (χ3v) is 4.27. The number of hydrogen-bond acceptors (Lipinski definition) is 3. The number of halogens is 1. The van der Waals surface area contributed by atoms with Gasteiger partial charge in [-0.2, -0.15) is 0 Å². The van der Waals surface area contributed by atoms with Gasteiger partial charge in [0.05, 0.1) is 0 Å². The van der Waals surface area contributed by atoms with Crippen LogP contribution in [-0.2, 0) is 11.4 Å². The SMILES string of the molecule is O=C(/C=C/c1ccccc1Br)Nc1cccc(OCc2cccnc2)c1. The second kappa shape index (κ2) is 8.97. The van der Waals surface area contributed by atoms with Gasteiger partial charge in [0.1, 0.15) is 12.4 Å². The Morgan fingerprint density at radius 1 is 1.12 bits per heavy atom. The third-order valence-electron chi connectivity index (χ3n) is 3.55. The highest BCUT2D eigenvalue weighted by Crippen LogP contribution is 2.19. The summed E-state index contributed by atoms with van der Waals surface area (Å²) >= 11 is 3.46. The number of carbonyl (C=O) groups is 1. The predicted molar refractivity (Wildman–Crippen MR) is 107 cm³/mol. The second-order valence-electron chi connectivity index (χ2n) is 5.52. The zero-order valence-electron chi connectivity index (χ0n) is 13.9. The van der Waals surface area contributed by atoms with Crippen LogP contribution in [0, 0.1) is 0 Å². The first-order valence-corrected chi connectivity index (χ1v) is 8.85. The number of ether oxygens (including phenoxy) is 1. The van der Waals surface area contributed by atoms with Crippen LogP contribution in [0.15, 0.2) is 83.6 Å². The van der Waals surface area contributed by atoms with Crippen molar-refractivity contribution in [3.8, 4) is 5.75 Å². The molecule has 0 fully saturated rings. The normalized spacial score (nSPS) is 10.7. The van der Waals surface area contributed by atoms with Crippen molar-refractivity contribution in [1.29, 1.82) is 0 Å². The first-order valence-electron chi connectivity index (χ1n) is 8.06. The van der Waals surface area contributed by atoms with Gasteiger partial charge in [0, 0.05) is 40.3 Å². The zero-order valence-corrected chi connectivity index (χ0v) is 15.5. The molecule has 2 aromatic carbocycles. The summed E-state index contributed by atoms with van der Waals surface area (Å²) in [5, 5.41) is 2.84. The number of carbonyl (C=O) groups excluding carboxylic acids is 1. The molecule has 5 heteroatoms. The van der Waals surface area contributed by atoms with Crippen LogP contribution in [0.25, 0.3) is 6.08 Å². The second-order valence-corrected chi connectivity index (χ2v) is 6.38. The molecule has 1 N–H and O–H groups in total. The van der Waals surface area contributed by atoms with Crippen molar-refractivity contribution in [3.05, 3.63) is 94.7 Å². The third kappa shape index (κ3) is 5.29. The number of rotatable bonds is 6. The van der Waals surface area contributed by atoms with Gasteiger partial charge >= 0.3 is 0 Å². The minimum atomic E-state index is -0.204. The van der Waals surface area contributed by atoms with Crippen LogP contribution in [0.4, 0.5) is 5.69 Å². The maximum Gasteiger partial charge on any atom is 0.248 e. The van der Waals surface area contributed by atoms with Gasteiger partial charge < -0.3 is 10.1 Å². The van der Waals surface area contributed by atoms with E-state index in [0.717, 1.165) is 15.6 Å². The van der Waals surface area contributed by atoms with Crippen LogP contribution in [-0.4, -0.2) is 10.9 Å². The summed E-state index contributed by atoms with van der Waals surface area (Å²) in [6.07, 6.45) is 6.75. The van der Waals surface area contributed by atoms with Crippen molar-refractivity contribution in [1.82, 2.24) is 4.98 Å². The molecule has 130 valence electrons. The van der Waals surface area contributed by atoms with E-state index in [1.807, 2.05) is 54.6 Å². The number of aromatic nitrogens is 1. The smallest absolute Gasteiger partial charge is 0.248 e. The summed E-state index contributed by atoms with van der Waals surface area (Å²) in [6, 6.07) is 18.8. The number of benzene rings is 2. The average Bonchev–Trinajstić information content (AvgIpc) is 2.67. The summed E-state index contributed by atoms with van der Waals surface area (Å²) in [4.78, 5) is 16.2. The van der Waals surface area contributed by atoms with E-state index >= 15 is 0 Å². The van der Waals surface area contributed by atoms with E-state index in [9.17, 15) is 4.79 Å². The van der Waals surface area contributed by atoms with Crippen molar-refractivity contribution in [2.45, 2.75) is 6.61 Å². The molecule has 0 atom stereocenters. The number of amides is 1. The lowest BCUT2D eigenvalue weighted by Crippen LogP contribution is -2.07. The Bertz CT molecular complexity index is 911. The molecule has 0 aliphatic carbocycles. The molecule has 0 radical (unpaired) electrons. The lowest BCUT2D eigenvalue weighted by Gasteiger charge is -2.08. The Balaban J connectivity index is 1.59. The summed E-state index contributed by atoms with van der Waals surface area (Å²) < 4.78 is 6.68. The van der Waals surface area contributed by atoms with E-state index in [4.69, 9.17) is 4.74 Å². The molecule has 0 aliphatic heterocycles. The first-order chi connectivity index (χ1) is 12.7. The molecule has 0 bridgehead atoms. The molecule has 1 heterocycles. The van der Waals surface area contributed by atoms with Crippen LogP contribution in [0.1, 0.15) is 11.1 Å². The number of anilines is 1. The van der Waals surface area contributed by atoms with Crippen molar-refractivity contribution in [2.24, 2.45) is 0 Å². The van der Waals surface area contributed by atoms with Gasteiger partial charge in [-0.25, -0.2) is 0 Å². The van der Waals surface area contributed by atoms with E-state index in [2.05, 4.69) is 26.2 Å². The van der Waals surface area contributed by atoms with Crippen molar-refractivity contribution in [2.75, 3.05) is 5.32 Å². The molecule has 4 nitrogen and oxygen atoms in total. The molecule has 1 amide bonds. The van der Waals surface area contributed by atoms with Gasteiger partial charge in [-0.1, -0.05) is 46.3 Å². The molecule has 3 rings (SSSR count). The highest BCUT2D eigenvalue weighted by molar-refractivity contribution is 9.10. The molecule has 0 aliphatic rings. The number of nitrogens with zero attached hydrogens (tertiary/aromatic N) is 1. The first kappa shape index (κ1) is 17.9. The lowest BCUT2D eigenvalue weighted by atomic mass is 10.2. The Labute approximate surface area is 160 Å². The fraction of sp³-hybridized carbons (Fsp3) is 0.0476. The van der Waals surface area contributed by atoms with E-state index in [0.29, 0.717) is 18.0 Å². The highest BCUT2D eigenvalue weighted by atomic mass is 79.9. The topological polar surface area (TPSA) is 51.2 Å². The molecule has 0 spiro atoms. The van der Waals surface area contributed by atoms with Crippen LogP contribution in [0.5, 0.6) is 5.75 Å². The summed E-state index contributed by atoms with van der Waals surface area (Å²) in [6.45, 7) is 0.424. The van der Waals surface area contributed by atoms with Crippen LogP contribution in [0.2, 0.25) is 0 Å². The molecular formula is C21H17BrN2O2. The monoisotopic (exact) mass is 408 g/mol. The van der Waals surface area contributed by atoms with Gasteiger partial charge in [0.25, 0.3) is 0 Å². The van der Waals surface area contributed by atoms with Gasteiger partial charge in [-0.3, -0.25) is 9.78 Å². The van der Waals surface area contributed by atoms with Gasteiger partial charge in [0.2, 0.25) is 5.91 Å². The Kier molecular flexibility index (Phi) is 6.17. The number of pyridine rings is 1. The van der Waals surface area contributed by atoms with Crippen LogP contribution < -0.4 is 10.1 Å². The Morgan fingerprint density at radius 3 is 2.81 bits per heavy atom. The highest BCUT2D eigenvalue weighted by Gasteiger charge is 2.02. The molecule has 3 aromatic rings. The lowest BCUT2D eigenvalue weighted by molar-refractivity contribution is -0.111. The quantitative estimate of drug-likeness (QED) is 0.578. The maximum atomic E-state index is 12.1. The predicted octanol–water partition coefficient (Wildman–Crippen LogP) is 5.08. The average molecular weight is 409 g/mol.